The summed E-state index contributed by atoms with van der Waals surface area (Å²) in [4.78, 5) is 12.9. The molecule has 0 aliphatic heterocycles. The lowest BCUT2D eigenvalue weighted by molar-refractivity contribution is -0.123. The summed E-state index contributed by atoms with van der Waals surface area (Å²) in [6.07, 6.45) is 15.2. The standard InChI is InChI=1S/C19H30O2/c20-18(15-10-5-2-6-11-15)17-13-7-12-16(19(17)21)14-8-3-1-4-9-14/h14-16,20H,1-13H2. The fourth-order valence-electron chi connectivity index (χ4n) is 4.84. The van der Waals surface area contributed by atoms with E-state index in [4.69, 9.17) is 0 Å². The van der Waals surface area contributed by atoms with E-state index in [2.05, 4.69) is 0 Å². The van der Waals surface area contributed by atoms with Gasteiger partial charge in [0.2, 0.25) is 0 Å². The summed E-state index contributed by atoms with van der Waals surface area (Å²) in [5.41, 5.74) is 0.823. The molecule has 0 spiro atoms. The molecular formula is C19H30O2. The van der Waals surface area contributed by atoms with Gasteiger partial charge in [0.15, 0.2) is 5.78 Å². The molecule has 0 heterocycles. The Labute approximate surface area is 129 Å². The van der Waals surface area contributed by atoms with Crippen LogP contribution in [0.4, 0.5) is 0 Å². The fraction of sp³-hybridized carbons (Fsp3) is 0.842. The first kappa shape index (κ1) is 15.1. The van der Waals surface area contributed by atoms with E-state index < -0.39 is 0 Å². The molecule has 118 valence electrons. The quantitative estimate of drug-likeness (QED) is 0.551. The number of hydrogen-bond donors (Lipinski definition) is 1. The third-order valence-electron chi connectivity index (χ3n) is 6.10. The lowest BCUT2D eigenvalue weighted by Gasteiger charge is -2.34. The molecule has 3 saturated carbocycles. The van der Waals surface area contributed by atoms with Gasteiger partial charge in [-0.05, 0) is 50.9 Å². The summed E-state index contributed by atoms with van der Waals surface area (Å²) in [5.74, 6) is 1.90. The molecule has 0 bridgehead atoms. The third kappa shape index (κ3) is 3.35. The minimum absolute atomic E-state index is 0.222. The van der Waals surface area contributed by atoms with E-state index in [1.165, 1.54) is 51.4 Å². The molecule has 21 heavy (non-hydrogen) atoms. The summed E-state index contributed by atoms with van der Waals surface area (Å²) >= 11 is 0. The molecule has 3 aliphatic carbocycles. The summed E-state index contributed by atoms with van der Waals surface area (Å²) in [5, 5.41) is 10.6. The van der Waals surface area contributed by atoms with Crippen molar-refractivity contribution in [3.63, 3.8) is 0 Å². The van der Waals surface area contributed by atoms with Crippen LogP contribution in [0, 0.1) is 17.8 Å². The lowest BCUT2D eigenvalue weighted by Crippen LogP contribution is -2.31. The maximum absolute atomic E-state index is 12.9. The number of ketones is 1. The van der Waals surface area contributed by atoms with Gasteiger partial charge in [0.05, 0.1) is 0 Å². The second-order valence-electron chi connectivity index (χ2n) is 7.46. The SMILES string of the molecule is O=C1C(=C(O)C2CCCCC2)CCCC1C1CCCCC1. The third-order valence-corrected chi connectivity index (χ3v) is 6.10. The van der Waals surface area contributed by atoms with E-state index in [1.807, 2.05) is 0 Å². The second-order valence-corrected chi connectivity index (χ2v) is 7.46. The smallest absolute Gasteiger partial charge is 0.165 e. The minimum atomic E-state index is 0.222. The van der Waals surface area contributed by atoms with Crippen LogP contribution in [0.2, 0.25) is 0 Å². The summed E-state index contributed by atoms with van der Waals surface area (Å²) in [7, 11) is 0. The maximum atomic E-state index is 12.9. The number of carbonyl (C=O) groups excluding carboxylic acids is 1. The molecule has 0 amide bonds. The zero-order chi connectivity index (χ0) is 14.7. The highest BCUT2D eigenvalue weighted by atomic mass is 16.3. The van der Waals surface area contributed by atoms with Crippen LogP contribution in [0.5, 0.6) is 0 Å². The van der Waals surface area contributed by atoms with Crippen molar-refractivity contribution >= 4 is 5.78 Å². The number of aliphatic hydroxyl groups is 1. The predicted molar refractivity (Wildman–Crippen MR) is 85.2 cm³/mol. The molecule has 0 saturated heterocycles. The number of allylic oxidation sites excluding steroid dienone is 2. The Balaban J connectivity index is 1.73. The Bertz CT molecular complexity index is 398. The molecule has 1 unspecified atom stereocenters. The second kappa shape index (κ2) is 6.98. The van der Waals surface area contributed by atoms with Crippen LogP contribution < -0.4 is 0 Å². The van der Waals surface area contributed by atoms with Crippen molar-refractivity contribution in [2.75, 3.05) is 0 Å². The zero-order valence-electron chi connectivity index (χ0n) is 13.3. The van der Waals surface area contributed by atoms with Crippen molar-refractivity contribution in [3.8, 4) is 0 Å². The first-order valence-corrected chi connectivity index (χ1v) is 9.23. The molecular weight excluding hydrogens is 260 g/mol. The van der Waals surface area contributed by atoms with Crippen molar-refractivity contribution in [3.05, 3.63) is 11.3 Å². The van der Waals surface area contributed by atoms with E-state index in [1.54, 1.807) is 0 Å². The number of hydrogen-bond acceptors (Lipinski definition) is 2. The maximum Gasteiger partial charge on any atom is 0.165 e. The first-order chi connectivity index (χ1) is 10.3. The Morgan fingerprint density at radius 3 is 2.10 bits per heavy atom. The number of Topliss-reactive ketones (excluding diaryl/α,β-unsaturated/α-hetero) is 1. The summed E-state index contributed by atoms with van der Waals surface area (Å²) < 4.78 is 0. The number of rotatable bonds is 2. The van der Waals surface area contributed by atoms with Gasteiger partial charge in [-0.25, -0.2) is 0 Å². The highest BCUT2D eigenvalue weighted by Gasteiger charge is 2.36. The average molecular weight is 290 g/mol. The van der Waals surface area contributed by atoms with E-state index in [-0.39, 0.29) is 11.8 Å². The minimum Gasteiger partial charge on any atom is -0.512 e. The Hall–Kier alpha value is -0.790. The molecule has 2 nitrogen and oxygen atoms in total. The predicted octanol–water partition coefficient (Wildman–Crippen LogP) is 5.33. The highest BCUT2D eigenvalue weighted by Crippen LogP contribution is 2.40. The van der Waals surface area contributed by atoms with Gasteiger partial charge >= 0.3 is 0 Å². The molecule has 3 aliphatic rings. The number of carbonyl (C=O) groups is 1. The van der Waals surface area contributed by atoms with E-state index in [0.717, 1.165) is 37.7 Å². The van der Waals surface area contributed by atoms with Gasteiger partial charge in [-0.1, -0.05) is 38.5 Å². The Kier molecular flexibility index (Phi) is 5.03. The Morgan fingerprint density at radius 1 is 0.810 bits per heavy atom. The largest absolute Gasteiger partial charge is 0.512 e. The van der Waals surface area contributed by atoms with Crippen molar-refractivity contribution < 1.29 is 9.90 Å². The molecule has 2 heteroatoms. The number of aliphatic hydroxyl groups excluding tert-OH is 1. The van der Waals surface area contributed by atoms with E-state index in [9.17, 15) is 9.90 Å². The molecule has 3 fully saturated rings. The molecule has 0 radical (unpaired) electrons. The van der Waals surface area contributed by atoms with Crippen LogP contribution in [0.25, 0.3) is 0 Å². The Morgan fingerprint density at radius 2 is 1.43 bits per heavy atom. The summed E-state index contributed by atoms with van der Waals surface area (Å²) in [6, 6.07) is 0. The van der Waals surface area contributed by atoms with Gasteiger partial charge in [0.1, 0.15) is 5.76 Å². The normalized spacial score (nSPS) is 32.2. The molecule has 3 rings (SSSR count). The van der Waals surface area contributed by atoms with Crippen molar-refractivity contribution in [1.29, 1.82) is 0 Å². The van der Waals surface area contributed by atoms with Crippen molar-refractivity contribution in [2.24, 2.45) is 17.8 Å². The van der Waals surface area contributed by atoms with Gasteiger partial charge in [-0.15, -0.1) is 0 Å². The van der Waals surface area contributed by atoms with Crippen molar-refractivity contribution in [2.45, 2.75) is 83.5 Å². The molecule has 1 atom stereocenters. The highest BCUT2D eigenvalue weighted by molar-refractivity contribution is 5.98. The van der Waals surface area contributed by atoms with Gasteiger partial charge in [-0.2, -0.15) is 0 Å². The van der Waals surface area contributed by atoms with Gasteiger partial charge in [-0.3, -0.25) is 4.79 Å². The molecule has 1 N–H and O–H groups in total. The van der Waals surface area contributed by atoms with Gasteiger partial charge in [0, 0.05) is 17.4 Å². The zero-order valence-corrected chi connectivity index (χ0v) is 13.3. The molecule has 0 aromatic carbocycles. The van der Waals surface area contributed by atoms with Crippen LogP contribution in [0.1, 0.15) is 83.5 Å². The van der Waals surface area contributed by atoms with Crippen LogP contribution in [0.3, 0.4) is 0 Å². The fourth-order valence-corrected chi connectivity index (χ4v) is 4.84. The van der Waals surface area contributed by atoms with Crippen LogP contribution in [-0.2, 0) is 4.79 Å². The van der Waals surface area contributed by atoms with Crippen LogP contribution >= 0.6 is 0 Å². The molecule has 0 aromatic rings. The first-order valence-electron chi connectivity index (χ1n) is 9.23. The lowest BCUT2D eigenvalue weighted by atomic mass is 9.70. The monoisotopic (exact) mass is 290 g/mol. The van der Waals surface area contributed by atoms with E-state index >= 15 is 0 Å². The van der Waals surface area contributed by atoms with E-state index in [0.29, 0.717) is 17.5 Å². The van der Waals surface area contributed by atoms with Crippen LogP contribution in [-0.4, -0.2) is 10.9 Å². The van der Waals surface area contributed by atoms with Gasteiger partial charge in [0.25, 0.3) is 0 Å². The summed E-state index contributed by atoms with van der Waals surface area (Å²) in [6.45, 7) is 0. The molecule has 0 aromatic heterocycles. The van der Waals surface area contributed by atoms with Gasteiger partial charge < -0.3 is 5.11 Å². The van der Waals surface area contributed by atoms with Crippen LogP contribution in [0.15, 0.2) is 11.3 Å². The average Bonchev–Trinajstić information content (AvgIpc) is 2.56. The topological polar surface area (TPSA) is 37.3 Å². The van der Waals surface area contributed by atoms with Crippen molar-refractivity contribution in [1.82, 2.24) is 0 Å².